The van der Waals surface area contributed by atoms with Gasteiger partial charge in [-0.05, 0) is 59.7 Å². The van der Waals surface area contributed by atoms with Crippen molar-refractivity contribution < 1.29 is 9.00 Å². The summed E-state index contributed by atoms with van der Waals surface area (Å²) in [6.07, 6.45) is 3.79. The third-order valence-electron chi connectivity index (χ3n) is 4.21. The van der Waals surface area contributed by atoms with Crippen molar-refractivity contribution in [2.24, 2.45) is 0 Å². The quantitative estimate of drug-likeness (QED) is 0.749. The van der Waals surface area contributed by atoms with Gasteiger partial charge in [0.05, 0.1) is 6.04 Å². The molecule has 3 aromatic rings. The highest BCUT2D eigenvalue weighted by atomic mass is 32.2. The second-order valence-electron chi connectivity index (χ2n) is 6.19. The molecule has 1 N–H and O–H groups in total. The zero-order chi connectivity index (χ0) is 18.1. The number of rotatable bonds is 5. The van der Waals surface area contributed by atoms with Gasteiger partial charge in [0.1, 0.15) is 0 Å². The number of carbonyl (C=O) groups is 1. The first kappa shape index (κ1) is 16.6. The summed E-state index contributed by atoms with van der Waals surface area (Å²) in [5.74, 6) is 0.482. The Morgan fingerprint density at radius 1 is 1.19 bits per heavy atom. The number of anilines is 1. The van der Waals surface area contributed by atoms with Crippen LogP contribution in [0.4, 0.5) is 5.69 Å². The number of tetrazole rings is 1. The van der Waals surface area contributed by atoms with Crippen LogP contribution in [0.3, 0.4) is 0 Å². The average molecular weight is 367 g/mol. The van der Waals surface area contributed by atoms with Crippen LogP contribution in [0.25, 0.3) is 11.4 Å². The lowest BCUT2D eigenvalue weighted by Gasteiger charge is -2.08. The Balaban J connectivity index is 1.54. The molecule has 2 aromatic carbocycles. The van der Waals surface area contributed by atoms with Crippen molar-refractivity contribution in [3.63, 3.8) is 0 Å². The Hall–Kier alpha value is -2.87. The van der Waals surface area contributed by atoms with Crippen molar-refractivity contribution in [1.82, 2.24) is 20.2 Å². The molecular formula is C18H17N5O2S. The molecule has 1 fully saturated rings. The maximum absolute atomic E-state index is 12.4. The number of carbonyl (C=O) groups excluding carboxylic acids is 1. The topological polar surface area (TPSA) is 89.8 Å². The van der Waals surface area contributed by atoms with E-state index in [0.29, 0.717) is 28.0 Å². The zero-order valence-corrected chi connectivity index (χ0v) is 14.9. The summed E-state index contributed by atoms with van der Waals surface area (Å²) in [4.78, 5) is 13.1. The summed E-state index contributed by atoms with van der Waals surface area (Å²) in [6.45, 7) is 0. The Labute approximate surface area is 152 Å². The van der Waals surface area contributed by atoms with E-state index in [-0.39, 0.29) is 5.91 Å². The first-order valence-electron chi connectivity index (χ1n) is 8.25. The molecule has 0 spiro atoms. The highest BCUT2D eigenvalue weighted by Gasteiger charge is 2.28. The average Bonchev–Trinajstić information content (AvgIpc) is 3.38. The summed E-state index contributed by atoms with van der Waals surface area (Å²) < 4.78 is 13.3. The van der Waals surface area contributed by atoms with Crippen LogP contribution < -0.4 is 5.32 Å². The normalized spacial score (nSPS) is 14.8. The van der Waals surface area contributed by atoms with Crippen molar-refractivity contribution in [3.8, 4) is 11.4 Å². The largest absolute Gasteiger partial charge is 0.322 e. The van der Waals surface area contributed by atoms with Crippen LogP contribution in [0.5, 0.6) is 0 Å². The van der Waals surface area contributed by atoms with Crippen molar-refractivity contribution in [1.29, 1.82) is 0 Å². The van der Waals surface area contributed by atoms with Gasteiger partial charge in [-0.1, -0.05) is 12.1 Å². The predicted octanol–water partition coefficient (Wildman–Crippen LogP) is 2.66. The highest BCUT2D eigenvalue weighted by Crippen LogP contribution is 2.36. The summed E-state index contributed by atoms with van der Waals surface area (Å²) >= 11 is 0. The zero-order valence-electron chi connectivity index (χ0n) is 14.1. The number of hydrogen-bond acceptors (Lipinski definition) is 5. The van der Waals surface area contributed by atoms with Crippen molar-refractivity contribution in [2.75, 3.05) is 11.6 Å². The summed E-state index contributed by atoms with van der Waals surface area (Å²) in [5, 5.41) is 14.8. The molecule has 1 amide bonds. The molecule has 1 saturated carbocycles. The molecule has 1 aliphatic rings. The van der Waals surface area contributed by atoms with E-state index < -0.39 is 10.8 Å². The number of amides is 1. The third kappa shape index (κ3) is 3.41. The van der Waals surface area contributed by atoms with E-state index >= 15 is 0 Å². The molecule has 1 aliphatic carbocycles. The SMILES string of the molecule is CS(=O)c1ccc(C(=O)Nc2cccc(-c3nnnn3C3CC3)c2)cc1. The number of nitrogens with zero attached hydrogens (tertiary/aromatic N) is 4. The lowest BCUT2D eigenvalue weighted by Crippen LogP contribution is -2.12. The molecule has 8 heteroatoms. The molecule has 26 heavy (non-hydrogen) atoms. The van der Waals surface area contributed by atoms with Gasteiger partial charge in [0, 0.05) is 38.8 Å². The third-order valence-corrected chi connectivity index (χ3v) is 5.15. The first-order valence-corrected chi connectivity index (χ1v) is 9.81. The van der Waals surface area contributed by atoms with Crippen LogP contribution in [0.2, 0.25) is 0 Å². The number of benzene rings is 2. The standard InChI is InChI=1S/C18H17N5O2S/c1-26(25)16-9-5-12(6-10-16)18(24)19-14-4-2-3-13(11-14)17-20-21-22-23(17)15-7-8-15/h2-6,9-11,15H,7-8H2,1H3,(H,19,24). The fourth-order valence-corrected chi connectivity index (χ4v) is 3.21. The molecule has 1 atom stereocenters. The number of hydrogen-bond donors (Lipinski definition) is 1. The van der Waals surface area contributed by atoms with E-state index in [0.717, 1.165) is 18.4 Å². The fraction of sp³-hybridized carbons (Fsp3) is 0.222. The van der Waals surface area contributed by atoms with E-state index in [1.165, 1.54) is 0 Å². The van der Waals surface area contributed by atoms with E-state index in [1.54, 1.807) is 30.5 Å². The van der Waals surface area contributed by atoms with Gasteiger partial charge in [-0.25, -0.2) is 4.68 Å². The molecule has 1 aromatic heterocycles. The van der Waals surface area contributed by atoms with E-state index in [9.17, 15) is 9.00 Å². The smallest absolute Gasteiger partial charge is 0.255 e. The van der Waals surface area contributed by atoms with Gasteiger partial charge in [0.25, 0.3) is 5.91 Å². The van der Waals surface area contributed by atoms with Gasteiger partial charge in [-0.15, -0.1) is 5.10 Å². The van der Waals surface area contributed by atoms with Gasteiger partial charge in [-0.2, -0.15) is 0 Å². The molecular weight excluding hydrogens is 350 g/mol. The maximum Gasteiger partial charge on any atom is 0.255 e. The van der Waals surface area contributed by atoms with Crippen LogP contribution in [-0.2, 0) is 10.8 Å². The minimum atomic E-state index is -1.06. The van der Waals surface area contributed by atoms with Crippen LogP contribution in [-0.4, -0.2) is 36.6 Å². The van der Waals surface area contributed by atoms with Gasteiger partial charge in [0.15, 0.2) is 5.82 Å². The Morgan fingerprint density at radius 2 is 1.96 bits per heavy atom. The minimum Gasteiger partial charge on any atom is -0.322 e. The second-order valence-corrected chi connectivity index (χ2v) is 7.57. The molecule has 132 valence electrons. The van der Waals surface area contributed by atoms with Crippen molar-refractivity contribution >= 4 is 22.4 Å². The minimum absolute atomic E-state index is 0.225. The van der Waals surface area contributed by atoms with Crippen LogP contribution >= 0.6 is 0 Å². The molecule has 7 nitrogen and oxygen atoms in total. The van der Waals surface area contributed by atoms with Crippen molar-refractivity contribution in [2.45, 2.75) is 23.8 Å². The molecule has 4 rings (SSSR count). The van der Waals surface area contributed by atoms with Crippen LogP contribution in [0.1, 0.15) is 29.2 Å². The molecule has 1 heterocycles. The number of aromatic nitrogens is 4. The van der Waals surface area contributed by atoms with Crippen LogP contribution in [0.15, 0.2) is 53.4 Å². The van der Waals surface area contributed by atoms with E-state index in [2.05, 4.69) is 20.8 Å². The molecule has 0 saturated heterocycles. The lowest BCUT2D eigenvalue weighted by atomic mass is 10.1. The van der Waals surface area contributed by atoms with Gasteiger partial charge in [0.2, 0.25) is 0 Å². The fourth-order valence-electron chi connectivity index (χ4n) is 2.69. The van der Waals surface area contributed by atoms with E-state index in [4.69, 9.17) is 0 Å². The maximum atomic E-state index is 12.4. The summed E-state index contributed by atoms with van der Waals surface area (Å²) in [6, 6.07) is 14.6. The summed E-state index contributed by atoms with van der Waals surface area (Å²) in [7, 11) is -1.06. The monoisotopic (exact) mass is 367 g/mol. The van der Waals surface area contributed by atoms with Crippen molar-refractivity contribution in [3.05, 3.63) is 54.1 Å². The highest BCUT2D eigenvalue weighted by molar-refractivity contribution is 7.84. The second kappa shape index (κ2) is 6.80. The Morgan fingerprint density at radius 3 is 2.65 bits per heavy atom. The van der Waals surface area contributed by atoms with Gasteiger partial charge in [-0.3, -0.25) is 9.00 Å². The number of nitrogens with one attached hydrogen (secondary N) is 1. The van der Waals surface area contributed by atoms with Crippen LogP contribution in [0, 0.1) is 0 Å². The molecule has 0 bridgehead atoms. The van der Waals surface area contributed by atoms with Gasteiger partial charge < -0.3 is 5.32 Å². The first-order chi connectivity index (χ1) is 12.6. The molecule has 0 radical (unpaired) electrons. The Kier molecular flexibility index (Phi) is 4.34. The summed E-state index contributed by atoms with van der Waals surface area (Å²) in [5.41, 5.74) is 2.03. The van der Waals surface area contributed by atoms with Gasteiger partial charge >= 0.3 is 0 Å². The Bertz CT molecular complexity index is 979. The van der Waals surface area contributed by atoms with E-state index in [1.807, 2.05) is 28.9 Å². The molecule has 1 unspecified atom stereocenters. The lowest BCUT2D eigenvalue weighted by molar-refractivity contribution is 0.102. The predicted molar refractivity (Wildman–Crippen MR) is 98.3 cm³/mol. The molecule has 0 aliphatic heterocycles.